The Hall–Kier alpha value is -3.35. The molecule has 3 aromatic rings. The van der Waals surface area contributed by atoms with Crippen LogP contribution < -0.4 is 10.1 Å². The van der Waals surface area contributed by atoms with Crippen LogP contribution in [0.3, 0.4) is 0 Å². The third-order valence-corrected chi connectivity index (χ3v) is 4.01. The normalized spacial score (nSPS) is 11.3. The van der Waals surface area contributed by atoms with E-state index in [1.54, 1.807) is 24.1 Å². The molecule has 0 atom stereocenters. The van der Waals surface area contributed by atoms with Gasteiger partial charge < -0.3 is 15.0 Å². The van der Waals surface area contributed by atoms with E-state index in [1.165, 1.54) is 0 Å². The van der Waals surface area contributed by atoms with E-state index in [9.17, 15) is 0 Å². The predicted octanol–water partition coefficient (Wildman–Crippen LogP) is 2.35. The van der Waals surface area contributed by atoms with Gasteiger partial charge in [0, 0.05) is 39.2 Å². The van der Waals surface area contributed by atoms with Gasteiger partial charge in [0.25, 0.3) is 0 Å². The molecule has 0 saturated carbocycles. The van der Waals surface area contributed by atoms with Crippen LogP contribution in [0.15, 0.2) is 72.1 Å². The number of pyridine rings is 1. The van der Waals surface area contributed by atoms with Crippen molar-refractivity contribution >= 4 is 5.96 Å². The Morgan fingerprint density at radius 2 is 2.04 bits per heavy atom. The van der Waals surface area contributed by atoms with Crippen molar-refractivity contribution < 1.29 is 4.74 Å². The van der Waals surface area contributed by atoms with Crippen molar-refractivity contribution in [3.8, 4) is 11.6 Å². The summed E-state index contributed by atoms with van der Waals surface area (Å²) in [5, 5.41) is 7.58. The van der Waals surface area contributed by atoms with Crippen molar-refractivity contribution in [3.63, 3.8) is 0 Å². The van der Waals surface area contributed by atoms with Crippen LogP contribution in [-0.2, 0) is 6.54 Å². The predicted molar refractivity (Wildman–Crippen MR) is 106 cm³/mol. The first-order valence-electron chi connectivity index (χ1n) is 8.81. The average Bonchev–Trinajstić information content (AvgIpc) is 3.24. The number of likely N-dealkylation sites (N-methyl/N-ethyl adjacent to an activating group) is 1. The van der Waals surface area contributed by atoms with Gasteiger partial charge in [0.15, 0.2) is 11.8 Å². The van der Waals surface area contributed by atoms with Gasteiger partial charge in [-0.1, -0.05) is 18.2 Å². The first-order chi connectivity index (χ1) is 13.3. The number of guanidine groups is 1. The summed E-state index contributed by atoms with van der Waals surface area (Å²) < 4.78 is 7.49. The van der Waals surface area contributed by atoms with Gasteiger partial charge in [-0.3, -0.25) is 4.99 Å². The topological polar surface area (TPSA) is 67.6 Å². The standard InChI is InChI=1S/C20H24N6O/c1-21-20(25(2)13-14-27-18-7-4-3-5-8-18)23-16-17-9-11-22-19(15-17)26-12-6-10-24-26/h3-12,15H,13-14,16H2,1-2H3,(H,21,23). The lowest BCUT2D eigenvalue weighted by molar-refractivity contribution is 0.281. The fourth-order valence-corrected chi connectivity index (χ4v) is 2.59. The molecule has 0 unspecified atom stereocenters. The molecule has 1 aromatic carbocycles. The van der Waals surface area contributed by atoms with Crippen LogP contribution >= 0.6 is 0 Å². The summed E-state index contributed by atoms with van der Waals surface area (Å²) in [5.41, 5.74) is 1.10. The van der Waals surface area contributed by atoms with Crippen LogP contribution in [0.25, 0.3) is 5.82 Å². The van der Waals surface area contributed by atoms with E-state index in [2.05, 4.69) is 20.4 Å². The Morgan fingerprint density at radius 1 is 1.19 bits per heavy atom. The quantitative estimate of drug-likeness (QED) is 0.515. The van der Waals surface area contributed by atoms with Crippen molar-refractivity contribution in [1.29, 1.82) is 0 Å². The second kappa shape index (κ2) is 9.38. The van der Waals surface area contributed by atoms with Crippen LogP contribution in [0.2, 0.25) is 0 Å². The van der Waals surface area contributed by atoms with Crippen molar-refractivity contribution in [2.45, 2.75) is 6.54 Å². The van der Waals surface area contributed by atoms with E-state index in [4.69, 9.17) is 4.74 Å². The number of ether oxygens (including phenoxy) is 1. The second-order valence-corrected chi connectivity index (χ2v) is 5.96. The van der Waals surface area contributed by atoms with E-state index < -0.39 is 0 Å². The van der Waals surface area contributed by atoms with Gasteiger partial charge in [-0.25, -0.2) is 9.67 Å². The van der Waals surface area contributed by atoms with Crippen LogP contribution in [0.1, 0.15) is 5.56 Å². The van der Waals surface area contributed by atoms with E-state index in [0.29, 0.717) is 13.2 Å². The molecule has 0 aliphatic carbocycles. The summed E-state index contributed by atoms with van der Waals surface area (Å²) >= 11 is 0. The molecule has 2 heterocycles. The minimum atomic E-state index is 0.583. The summed E-state index contributed by atoms with van der Waals surface area (Å²) in [6.07, 6.45) is 5.40. The lowest BCUT2D eigenvalue weighted by atomic mass is 10.2. The molecule has 1 N–H and O–H groups in total. The van der Waals surface area contributed by atoms with Crippen LogP contribution in [0.4, 0.5) is 0 Å². The highest BCUT2D eigenvalue weighted by molar-refractivity contribution is 5.79. The lowest BCUT2D eigenvalue weighted by Crippen LogP contribution is -2.40. The van der Waals surface area contributed by atoms with Gasteiger partial charge >= 0.3 is 0 Å². The maximum atomic E-state index is 5.75. The highest BCUT2D eigenvalue weighted by atomic mass is 16.5. The van der Waals surface area contributed by atoms with Crippen molar-refractivity contribution in [1.82, 2.24) is 25.0 Å². The Kier molecular flexibility index (Phi) is 6.40. The van der Waals surface area contributed by atoms with Gasteiger partial charge in [0.2, 0.25) is 0 Å². The molecule has 27 heavy (non-hydrogen) atoms. The minimum absolute atomic E-state index is 0.583. The molecule has 2 aromatic heterocycles. The Morgan fingerprint density at radius 3 is 2.78 bits per heavy atom. The number of nitrogens with zero attached hydrogens (tertiary/aromatic N) is 5. The van der Waals surface area contributed by atoms with Crippen molar-refractivity contribution in [2.75, 3.05) is 27.2 Å². The highest BCUT2D eigenvalue weighted by Gasteiger charge is 2.07. The zero-order valence-electron chi connectivity index (χ0n) is 15.6. The molecule has 0 aliphatic rings. The molecular weight excluding hydrogens is 340 g/mol. The molecular formula is C20H24N6O. The summed E-state index contributed by atoms with van der Waals surface area (Å²) in [4.78, 5) is 10.7. The maximum absolute atomic E-state index is 5.75. The molecule has 0 saturated heterocycles. The highest BCUT2D eigenvalue weighted by Crippen LogP contribution is 2.08. The zero-order chi connectivity index (χ0) is 18.9. The second-order valence-electron chi connectivity index (χ2n) is 5.96. The van der Waals surface area contributed by atoms with Gasteiger partial charge in [-0.05, 0) is 35.9 Å². The molecule has 0 bridgehead atoms. The first kappa shape index (κ1) is 18.4. The van der Waals surface area contributed by atoms with E-state index in [0.717, 1.165) is 29.6 Å². The number of hydrogen-bond acceptors (Lipinski definition) is 4. The molecule has 0 aliphatic heterocycles. The van der Waals surface area contributed by atoms with Gasteiger partial charge in [0.05, 0.1) is 6.54 Å². The summed E-state index contributed by atoms with van der Waals surface area (Å²) in [6.45, 7) is 1.96. The molecule has 7 nitrogen and oxygen atoms in total. The molecule has 0 fully saturated rings. The number of benzene rings is 1. The molecule has 0 amide bonds. The number of aliphatic imine (C=N–C) groups is 1. The number of nitrogens with one attached hydrogen (secondary N) is 1. The third kappa shape index (κ3) is 5.31. The fraction of sp³-hybridized carbons (Fsp3) is 0.250. The van der Waals surface area contributed by atoms with E-state index >= 15 is 0 Å². The maximum Gasteiger partial charge on any atom is 0.193 e. The smallest absolute Gasteiger partial charge is 0.193 e. The monoisotopic (exact) mass is 364 g/mol. The minimum Gasteiger partial charge on any atom is -0.492 e. The SMILES string of the molecule is CN=C(NCc1ccnc(-n2cccn2)c1)N(C)CCOc1ccccc1. The number of hydrogen-bond donors (Lipinski definition) is 1. The molecule has 140 valence electrons. The van der Waals surface area contributed by atoms with E-state index in [1.807, 2.05) is 66.7 Å². The van der Waals surface area contributed by atoms with Crippen LogP contribution in [-0.4, -0.2) is 52.9 Å². The number of aromatic nitrogens is 3. The fourth-order valence-electron chi connectivity index (χ4n) is 2.59. The van der Waals surface area contributed by atoms with Crippen LogP contribution in [0.5, 0.6) is 5.75 Å². The first-order valence-corrected chi connectivity index (χ1v) is 8.81. The Balaban J connectivity index is 1.50. The van der Waals surface area contributed by atoms with Gasteiger partial charge in [-0.15, -0.1) is 0 Å². The van der Waals surface area contributed by atoms with Gasteiger partial charge in [0.1, 0.15) is 12.4 Å². The Labute approximate surface area is 159 Å². The molecule has 0 spiro atoms. The van der Waals surface area contributed by atoms with Gasteiger partial charge in [-0.2, -0.15) is 5.10 Å². The van der Waals surface area contributed by atoms with E-state index in [-0.39, 0.29) is 0 Å². The summed E-state index contributed by atoms with van der Waals surface area (Å²) in [5.74, 6) is 2.47. The molecule has 0 radical (unpaired) electrons. The summed E-state index contributed by atoms with van der Waals surface area (Å²) in [7, 11) is 3.77. The number of rotatable bonds is 7. The lowest BCUT2D eigenvalue weighted by Gasteiger charge is -2.22. The number of para-hydroxylation sites is 1. The molecule has 3 rings (SSSR count). The Bertz CT molecular complexity index is 848. The van der Waals surface area contributed by atoms with Crippen molar-refractivity contribution in [3.05, 3.63) is 72.7 Å². The van der Waals surface area contributed by atoms with Crippen LogP contribution in [0, 0.1) is 0 Å². The third-order valence-electron chi connectivity index (χ3n) is 4.01. The largest absolute Gasteiger partial charge is 0.492 e. The molecule has 7 heteroatoms. The van der Waals surface area contributed by atoms with Crippen molar-refractivity contribution in [2.24, 2.45) is 4.99 Å². The zero-order valence-corrected chi connectivity index (χ0v) is 15.6. The summed E-state index contributed by atoms with van der Waals surface area (Å²) in [6, 6.07) is 15.7. The average molecular weight is 364 g/mol.